The third kappa shape index (κ3) is 2.47. The molecular formula is C11H10BrN3. The minimum absolute atomic E-state index is 0.645. The van der Waals surface area contributed by atoms with E-state index in [0.717, 1.165) is 15.8 Å². The second-order valence-electron chi connectivity index (χ2n) is 3.11. The van der Waals surface area contributed by atoms with Crippen molar-refractivity contribution in [1.29, 1.82) is 0 Å². The van der Waals surface area contributed by atoms with E-state index < -0.39 is 0 Å². The van der Waals surface area contributed by atoms with Crippen LogP contribution >= 0.6 is 15.9 Å². The number of para-hydroxylation sites is 1. The lowest BCUT2D eigenvalue weighted by atomic mass is 10.3. The highest BCUT2D eigenvalue weighted by Gasteiger charge is 1.99. The number of rotatable bonds is 2. The quantitative estimate of drug-likeness (QED) is 0.875. The van der Waals surface area contributed by atoms with E-state index in [9.17, 15) is 0 Å². The maximum Gasteiger partial charge on any atom is 0.0591 e. The van der Waals surface area contributed by atoms with Gasteiger partial charge in [0.1, 0.15) is 0 Å². The Morgan fingerprint density at radius 2 is 2.00 bits per heavy atom. The van der Waals surface area contributed by atoms with Crippen LogP contribution in [0.25, 0.3) is 0 Å². The maximum atomic E-state index is 5.64. The number of benzene rings is 1. The number of hydrogen-bond acceptors (Lipinski definition) is 3. The number of nitrogens with one attached hydrogen (secondary N) is 1. The maximum absolute atomic E-state index is 5.64. The Balaban J connectivity index is 2.26. The van der Waals surface area contributed by atoms with Crippen LogP contribution in [-0.2, 0) is 0 Å². The van der Waals surface area contributed by atoms with Crippen LogP contribution in [0.5, 0.6) is 0 Å². The second-order valence-corrected chi connectivity index (χ2v) is 3.97. The lowest BCUT2D eigenvalue weighted by Gasteiger charge is -2.07. The molecule has 3 nitrogen and oxygen atoms in total. The van der Waals surface area contributed by atoms with Crippen molar-refractivity contribution in [2.75, 3.05) is 11.1 Å². The number of nitrogen functional groups attached to an aromatic ring is 1. The van der Waals surface area contributed by atoms with E-state index in [1.807, 2.05) is 30.3 Å². The lowest BCUT2D eigenvalue weighted by Crippen LogP contribution is -1.94. The zero-order chi connectivity index (χ0) is 10.7. The average molecular weight is 264 g/mol. The zero-order valence-corrected chi connectivity index (χ0v) is 9.53. The summed E-state index contributed by atoms with van der Waals surface area (Å²) >= 11 is 3.46. The molecule has 2 rings (SSSR count). The molecule has 0 amide bonds. The summed E-state index contributed by atoms with van der Waals surface area (Å²) in [4.78, 5) is 4.01. The number of nitrogens with two attached hydrogens (primary N) is 1. The Morgan fingerprint density at radius 1 is 1.20 bits per heavy atom. The fourth-order valence-corrected chi connectivity index (χ4v) is 1.63. The van der Waals surface area contributed by atoms with Gasteiger partial charge in [-0.15, -0.1) is 0 Å². The Labute approximate surface area is 96.5 Å². The van der Waals surface area contributed by atoms with Crippen LogP contribution in [0.4, 0.5) is 17.1 Å². The van der Waals surface area contributed by atoms with Gasteiger partial charge in [0.15, 0.2) is 0 Å². The molecule has 2 aromatic rings. The van der Waals surface area contributed by atoms with Crippen molar-refractivity contribution in [3.05, 3.63) is 47.2 Å². The molecule has 0 saturated carbocycles. The van der Waals surface area contributed by atoms with Gasteiger partial charge in [0, 0.05) is 10.7 Å². The minimum Gasteiger partial charge on any atom is -0.397 e. The SMILES string of the molecule is Nc1cncc(Nc2ccccc2Br)c1. The van der Waals surface area contributed by atoms with E-state index in [4.69, 9.17) is 5.73 Å². The van der Waals surface area contributed by atoms with Gasteiger partial charge in [-0.1, -0.05) is 12.1 Å². The van der Waals surface area contributed by atoms with E-state index >= 15 is 0 Å². The summed E-state index contributed by atoms with van der Waals surface area (Å²) in [6.45, 7) is 0. The Bertz CT molecular complexity index is 471. The van der Waals surface area contributed by atoms with Crippen LogP contribution in [-0.4, -0.2) is 4.98 Å². The summed E-state index contributed by atoms with van der Waals surface area (Å²) in [5, 5.41) is 3.22. The molecule has 0 radical (unpaired) electrons. The standard InChI is InChI=1S/C11H10BrN3/c12-10-3-1-2-4-11(10)15-9-5-8(13)6-14-7-9/h1-7,15H,13H2. The normalized spacial score (nSPS) is 9.93. The number of nitrogens with zero attached hydrogens (tertiary/aromatic N) is 1. The number of halogens is 1. The second kappa shape index (κ2) is 4.31. The molecule has 1 aromatic heterocycles. The molecule has 1 heterocycles. The molecule has 0 aliphatic rings. The highest BCUT2D eigenvalue weighted by Crippen LogP contribution is 2.25. The van der Waals surface area contributed by atoms with E-state index in [1.54, 1.807) is 12.4 Å². The molecule has 1 aromatic carbocycles. The topological polar surface area (TPSA) is 50.9 Å². The van der Waals surface area contributed by atoms with Gasteiger partial charge in [0.25, 0.3) is 0 Å². The molecule has 3 N–H and O–H groups in total. The molecule has 0 bridgehead atoms. The number of pyridine rings is 1. The predicted octanol–water partition coefficient (Wildman–Crippen LogP) is 3.17. The van der Waals surface area contributed by atoms with Crippen molar-refractivity contribution < 1.29 is 0 Å². The molecule has 15 heavy (non-hydrogen) atoms. The van der Waals surface area contributed by atoms with Crippen molar-refractivity contribution in [2.24, 2.45) is 0 Å². The fourth-order valence-electron chi connectivity index (χ4n) is 1.24. The summed E-state index contributed by atoms with van der Waals surface area (Å²) in [6.07, 6.45) is 3.35. The first-order valence-electron chi connectivity index (χ1n) is 4.48. The van der Waals surface area contributed by atoms with E-state index in [-0.39, 0.29) is 0 Å². The first-order valence-corrected chi connectivity index (χ1v) is 5.27. The molecule has 0 saturated heterocycles. The Hall–Kier alpha value is -1.55. The molecule has 0 aliphatic carbocycles. The highest BCUT2D eigenvalue weighted by atomic mass is 79.9. The van der Waals surface area contributed by atoms with Crippen molar-refractivity contribution >= 4 is 33.0 Å². The van der Waals surface area contributed by atoms with E-state index in [2.05, 4.69) is 26.2 Å². The summed E-state index contributed by atoms with van der Waals surface area (Å²) in [6, 6.07) is 9.72. The molecule has 0 aliphatic heterocycles. The van der Waals surface area contributed by atoms with Gasteiger partial charge in [-0.05, 0) is 34.1 Å². The zero-order valence-electron chi connectivity index (χ0n) is 7.94. The van der Waals surface area contributed by atoms with E-state index in [1.165, 1.54) is 0 Å². The molecule has 0 spiro atoms. The third-order valence-electron chi connectivity index (χ3n) is 1.91. The van der Waals surface area contributed by atoms with Gasteiger partial charge in [-0.3, -0.25) is 4.98 Å². The average Bonchev–Trinajstić information content (AvgIpc) is 2.22. The lowest BCUT2D eigenvalue weighted by molar-refractivity contribution is 1.32. The van der Waals surface area contributed by atoms with Crippen LogP contribution in [0.15, 0.2) is 47.2 Å². The van der Waals surface area contributed by atoms with Crippen LogP contribution in [0.1, 0.15) is 0 Å². The van der Waals surface area contributed by atoms with Crippen molar-refractivity contribution in [3.63, 3.8) is 0 Å². The molecular weight excluding hydrogens is 254 g/mol. The van der Waals surface area contributed by atoms with Gasteiger partial charge in [0.05, 0.1) is 23.3 Å². The summed E-state index contributed by atoms with van der Waals surface area (Å²) < 4.78 is 1.01. The predicted molar refractivity (Wildman–Crippen MR) is 66.1 cm³/mol. The summed E-state index contributed by atoms with van der Waals surface area (Å²) in [7, 11) is 0. The van der Waals surface area contributed by atoms with Crippen molar-refractivity contribution in [3.8, 4) is 0 Å². The first kappa shape index (κ1) is 9.98. The third-order valence-corrected chi connectivity index (χ3v) is 2.60. The highest BCUT2D eigenvalue weighted by molar-refractivity contribution is 9.10. The monoisotopic (exact) mass is 263 g/mol. The summed E-state index contributed by atoms with van der Waals surface area (Å²) in [5.74, 6) is 0. The van der Waals surface area contributed by atoms with Gasteiger partial charge in [-0.2, -0.15) is 0 Å². The molecule has 76 valence electrons. The van der Waals surface area contributed by atoms with Crippen molar-refractivity contribution in [1.82, 2.24) is 4.98 Å². The minimum atomic E-state index is 0.645. The van der Waals surface area contributed by atoms with E-state index in [0.29, 0.717) is 5.69 Å². The van der Waals surface area contributed by atoms with Gasteiger partial charge < -0.3 is 11.1 Å². The first-order chi connectivity index (χ1) is 7.25. The van der Waals surface area contributed by atoms with Crippen LogP contribution < -0.4 is 11.1 Å². The fraction of sp³-hybridized carbons (Fsp3) is 0. The molecule has 0 atom stereocenters. The largest absolute Gasteiger partial charge is 0.397 e. The number of anilines is 3. The van der Waals surface area contributed by atoms with Crippen molar-refractivity contribution in [2.45, 2.75) is 0 Å². The van der Waals surface area contributed by atoms with Gasteiger partial charge >= 0.3 is 0 Å². The smallest absolute Gasteiger partial charge is 0.0591 e. The van der Waals surface area contributed by atoms with Gasteiger partial charge in [0.2, 0.25) is 0 Å². The number of hydrogen-bond donors (Lipinski definition) is 2. The molecule has 0 unspecified atom stereocenters. The van der Waals surface area contributed by atoms with Crippen LogP contribution in [0, 0.1) is 0 Å². The number of aromatic nitrogens is 1. The molecule has 0 fully saturated rings. The molecule has 4 heteroatoms. The Morgan fingerprint density at radius 3 is 2.73 bits per heavy atom. The van der Waals surface area contributed by atoms with Crippen LogP contribution in [0.2, 0.25) is 0 Å². The van der Waals surface area contributed by atoms with Gasteiger partial charge in [-0.25, -0.2) is 0 Å². The Kier molecular flexibility index (Phi) is 2.87. The summed E-state index contributed by atoms with van der Waals surface area (Å²) in [5.41, 5.74) is 8.15. The van der Waals surface area contributed by atoms with Crippen LogP contribution in [0.3, 0.4) is 0 Å².